The van der Waals surface area contributed by atoms with E-state index in [9.17, 15) is 45.1 Å². The molecule has 2 amide bonds. The maximum absolute atomic E-state index is 15.4. The summed E-state index contributed by atoms with van der Waals surface area (Å²) in [5, 5.41) is 19.3. The molecule has 0 aromatic heterocycles. The Morgan fingerprint density at radius 2 is 1.50 bits per heavy atom. The van der Waals surface area contributed by atoms with Crippen LogP contribution < -0.4 is 10.4 Å². The first kappa shape index (κ1) is 33.2. The fourth-order valence-corrected chi connectivity index (χ4v) is 7.14. The van der Waals surface area contributed by atoms with Crippen LogP contribution in [-0.4, -0.2) is 60.7 Å². The van der Waals surface area contributed by atoms with Crippen molar-refractivity contribution in [1.29, 1.82) is 0 Å². The second-order valence-electron chi connectivity index (χ2n) is 10.6. The molecule has 46 heavy (non-hydrogen) atoms. The number of benzene rings is 3. The molecule has 1 atom stereocenters. The zero-order valence-electron chi connectivity index (χ0n) is 23.6. The number of nitrogens with zero attached hydrogens (tertiary/aromatic N) is 2. The largest absolute Gasteiger partial charge is 0.507 e. The first-order valence-corrected chi connectivity index (χ1v) is 15.2. The maximum Gasteiger partial charge on any atom is 0.278 e. The highest BCUT2D eigenvalue weighted by molar-refractivity contribution is 7.89. The zero-order valence-corrected chi connectivity index (χ0v) is 24.4. The van der Waals surface area contributed by atoms with E-state index in [1.165, 1.54) is 5.48 Å². The normalized spacial score (nSPS) is 17.4. The first-order chi connectivity index (χ1) is 21.8. The Morgan fingerprint density at radius 3 is 2.04 bits per heavy atom. The Bertz CT molecular complexity index is 1770. The molecule has 0 bridgehead atoms. The third kappa shape index (κ3) is 5.90. The van der Waals surface area contributed by atoms with Gasteiger partial charge in [-0.3, -0.25) is 14.8 Å². The first-order valence-electron chi connectivity index (χ1n) is 13.8. The minimum Gasteiger partial charge on any atom is -0.507 e. The second-order valence-corrected chi connectivity index (χ2v) is 12.5. The van der Waals surface area contributed by atoms with Crippen LogP contribution in [0.4, 0.5) is 32.0 Å². The average Bonchev–Trinajstić information content (AvgIpc) is 3.02. The zero-order chi connectivity index (χ0) is 33.5. The third-order valence-corrected chi connectivity index (χ3v) is 9.90. The van der Waals surface area contributed by atoms with E-state index in [2.05, 4.69) is 0 Å². The molecule has 0 radical (unpaired) electrons. The Kier molecular flexibility index (Phi) is 9.30. The summed E-state index contributed by atoms with van der Waals surface area (Å²) in [4.78, 5) is 24.3. The molecule has 3 N–H and O–H groups in total. The van der Waals surface area contributed by atoms with Crippen molar-refractivity contribution in [3.8, 4) is 5.75 Å². The Balaban J connectivity index is 1.52. The second kappa shape index (κ2) is 12.9. The number of ether oxygens (including phenoxy) is 1. The highest BCUT2D eigenvalue weighted by Crippen LogP contribution is 2.37. The summed E-state index contributed by atoms with van der Waals surface area (Å²) in [6.07, 6.45) is 1.26. The van der Waals surface area contributed by atoms with Gasteiger partial charge in [0.25, 0.3) is 5.91 Å². The number of nitrogens with one attached hydrogen (secondary N) is 1. The van der Waals surface area contributed by atoms with E-state index in [4.69, 9.17) is 9.94 Å². The predicted molar refractivity (Wildman–Crippen MR) is 146 cm³/mol. The third-order valence-electron chi connectivity index (χ3n) is 7.97. The molecule has 0 unspecified atom stereocenters. The van der Waals surface area contributed by atoms with Crippen LogP contribution >= 0.6 is 0 Å². The van der Waals surface area contributed by atoms with Crippen LogP contribution in [-0.2, 0) is 26.1 Å². The molecule has 2 aliphatic rings. The molecule has 2 fully saturated rings. The number of hydroxylamine groups is 1. The van der Waals surface area contributed by atoms with Crippen LogP contribution in [0.1, 0.15) is 46.7 Å². The molecule has 0 aliphatic carbocycles. The van der Waals surface area contributed by atoms with Crippen molar-refractivity contribution in [2.75, 3.05) is 24.7 Å². The Hall–Kier alpha value is -4.19. The number of carbonyl (C=O) groups excluding carboxylic acids is 2. The van der Waals surface area contributed by atoms with Crippen LogP contribution in [0.3, 0.4) is 0 Å². The summed E-state index contributed by atoms with van der Waals surface area (Å²) < 4.78 is 118. The minimum absolute atomic E-state index is 0.204. The molecule has 10 nitrogen and oxygen atoms in total. The van der Waals surface area contributed by atoms with Crippen LogP contribution in [0, 0.1) is 34.9 Å². The van der Waals surface area contributed by atoms with Gasteiger partial charge < -0.3 is 14.7 Å². The smallest absolute Gasteiger partial charge is 0.278 e. The molecule has 5 rings (SSSR count). The predicted octanol–water partition coefficient (Wildman–Crippen LogP) is 4.24. The summed E-state index contributed by atoms with van der Waals surface area (Å²) in [5.74, 6) is -17.2. The lowest BCUT2D eigenvalue weighted by Gasteiger charge is -2.41. The van der Waals surface area contributed by atoms with Gasteiger partial charge in [0, 0.05) is 25.8 Å². The number of hydrogen-bond donors (Lipinski definition) is 3. The van der Waals surface area contributed by atoms with Crippen molar-refractivity contribution in [2.45, 2.75) is 42.7 Å². The number of carbonyl (C=O) groups is 2. The molecule has 0 saturated carbocycles. The quantitative estimate of drug-likeness (QED) is 0.107. The SMILES string of the molecule is O=C(NO)c1cc(F)c(N(Cc2ccc(C3CCOCC3)cc2)C(=O)[C@H]2CCN2S(=O)(=O)c2c(F)c(F)c(F)c(F)c2F)cc1O. The molecule has 17 heteroatoms. The van der Waals surface area contributed by atoms with Gasteiger partial charge in [-0.1, -0.05) is 24.3 Å². The van der Waals surface area contributed by atoms with Gasteiger partial charge >= 0.3 is 0 Å². The molecule has 2 heterocycles. The van der Waals surface area contributed by atoms with E-state index in [-0.39, 0.29) is 16.6 Å². The highest BCUT2D eigenvalue weighted by atomic mass is 32.2. The van der Waals surface area contributed by atoms with Crippen molar-refractivity contribution in [1.82, 2.24) is 9.79 Å². The maximum atomic E-state index is 15.4. The Morgan fingerprint density at radius 1 is 0.913 bits per heavy atom. The van der Waals surface area contributed by atoms with Crippen LogP contribution in [0.25, 0.3) is 0 Å². The molecular weight excluding hydrogens is 648 g/mol. The molecule has 2 aliphatic heterocycles. The number of rotatable bonds is 8. The highest BCUT2D eigenvalue weighted by Gasteiger charge is 2.48. The lowest BCUT2D eigenvalue weighted by atomic mass is 9.91. The molecule has 0 spiro atoms. The fourth-order valence-electron chi connectivity index (χ4n) is 5.40. The standard InChI is InChI=1S/C29H25F6N3O7S/c30-18-11-17(28(40)36-42)21(39)12-20(18)37(13-14-1-3-15(4-2-14)16-6-9-45-10-7-16)29(41)19-5-8-38(19)46(43,44)27-25(34)23(32)22(31)24(33)26(27)35/h1-4,11-12,16,19,39,42H,5-10,13H2,(H,36,40)/t19-/m1/s1. The van der Waals surface area contributed by atoms with Gasteiger partial charge in [-0.25, -0.2) is 40.2 Å². The summed E-state index contributed by atoms with van der Waals surface area (Å²) in [6, 6.07) is 6.20. The van der Waals surface area contributed by atoms with Crippen molar-refractivity contribution >= 4 is 27.5 Å². The average molecular weight is 674 g/mol. The number of phenols is 1. The minimum atomic E-state index is -5.51. The number of anilines is 1. The van der Waals surface area contributed by atoms with Gasteiger partial charge in [0.2, 0.25) is 21.7 Å². The number of phenolic OH excluding ortho intramolecular Hbond substituents is 1. The van der Waals surface area contributed by atoms with Crippen molar-refractivity contribution in [2.24, 2.45) is 0 Å². The van der Waals surface area contributed by atoms with Crippen molar-refractivity contribution in [3.63, 3.8) is 0 Å². The van der Waals surface area contributed by atoms with E-state index in [1.54, 1.807) is 24.3 Å². The van der Waals surface area contributed by atoms with Gasteiger partial charge in [0.05, 0.1) is 17.8 Å². The lowest BCUT2D eigenvalue weighted by molar-refractivity contribution is -0.125. The van der Waals surface area contributed by atoms with Gasteiger partial charge in [-0.15, -0.1) is 0 Å². The van der Waals surface area contributed by atoms with Crippen LogP contribution in [0.2, 0.25) is 0 Å². The van der Waals surface area contributed by atoms with Crippen LogP contribution in [0.15, 0.2) is 41.3 Å². The van der Waals surface area contributed by atoms with Gasteiger partial charge in [0.15, 0.2) is 28.2 Å². The number of amides is 2. The van der Waals surface area contributed by atoms with Crippen LogP contribution in [0.5, 0.6) is 5.75 Å². The monoisotopic (exact) mass is 673 g/mol. The van der Waals surface area contributed by atoms with Gasteiger partial charge in [-0.2, -0.15) is 4.31 Å². The van der Waals surface area contributed by atoms with Crippen molar-refractivity contribution in [3.05, 3.63) is 88.0 Å². The summed E-state index contributed by atoms with van der Waals surface area (Å²) in [5.41, 5.74) is 1.23. The summed E-state index contributed by atoms with van der Waals surface area (Å²) >= 11 is 0. The van der Waals surface area contributed by atoms with E-state index in [0.717, 1.165) is 18.4 Å². The molecule has 3 aromatic carbocycles. The van der Waals surface area contributed by atoms with Gasteiger partial charge in [0.1, 0.15) is 17.6 Å². The molecule has 246 valence electrons. The molecular formula is C29H25F6N3O7S. The number of halogens is 6. The number of sulfonamides is 1. The van der Waals surface area contributed by atoms with E-state index >= 15 is 4.39 Å². The summed E-state index contributed by atoms with van der Waals surface area (Å²) in [6.45, 7) is 0.151. The topological polar surface area (TPSA) is 136 Å². The lowest BCUT2D eigenvalue weighted by Crippen LogP contribution is -2.59. The van der Waals surface area contributed by atoms with E-state index < -0.39 is 97.8 Å². The Labute approximate surface area is 257 Å². The molecule has 2 saturated heterocycles. The number of aromatic hydroxyl groups is 1. The van der Waals surface area contributed by atoms with Crippen molar-refractivity contribution < 1.29 is 59.4 Å². The fraction of sp³-hybridized carbons (Fsp3) is 0.310. The van der Waals surface area contributed by atoms with E-state index in [1.807, 2.05) is 0 Å². The summed E-state index contributed by atoms with van der Waals surface area (Å²) in [7, 11) is -5.51. The molecule has 3 aromatic rings. The number of hydrogen-bond acceptors (Lipinski definition) is 7. The van der Waals surface area contributed by atoms with Gasteiger partial charge in [-0.05, 0) is 42.4 Å². The van der Waals surface area contributed by atoms with E-state index in [0.29, 0.717) is 35.8 Å².